The Labute approximate surface area is 132 Å². The average molecular weight is 300 g/mol. The van der Waals surface area contributed by atoms with Gasteiger partial charge in [-0.15, -0.1) is 0 Å². The zero-order chi connectivity index (χ0) is 15.2. The largest absolute Gasteiger partial charge is 0.311 e. The van der Waals surface area contributed by atoms with Gasteiger partial charge < -0.3 is 5.32 Å². The van der Waals surface area contributed by atoms with E-state index in [0.717, 1.165) is 11.6 Å². The van der Waals surface area contributed by atoms with E-state index in [1.54, 1.807) is 0 Å². The van der Waals surface area contributed by atoms with Gasteiger partial charge in [-0.25, -0.2) is 0 Å². The van der Waals surface area contributed by atoms with Crippen LogP contribution >= 0.6 is 11.6 Å². The van der Waals surface area contributed by atoms with Crippen LogP contribution < -0.4 is 5.32 Å². The lowest BCUT2D eigenvalue weighted by atomic mass is 10.0. The Hall–Kier alpha value is -1.57. The molecule has 0 aliphatic rings. The summed E-state index contributed by atoms with van der Waals surface area (Å²) in [4.78, 5) is 0. The van der Waals surface area contributed by atoms with Crippen molar-refractivity contribution in [3.8, 4) is 11.1 Å². The molecule has 0 aliphatic heterocycles. The molecule has 1 nitrogen and oxygen atoms in total. The molecule has 0 bridgehead atoms. The van der Waals surface area contributed by atoms with Crippen molar-refractivity contribution in [3.05, 3.63) is 65.2 Å². The maximum atomic E-state index is 5.92. The number of rotatable bonds is 5. The molecule has 2 heteroatoms. The monoisotopic (exact) mass is 299 g/mol. The van der Waals surface area contributed by atoms with Gasteiger partial charge in [0.15, 0.2) is 0 Å². The van der Waals surface area contributed by atoms with E-state index in [-0.39, 0.29) is 0 Å². The third kappa shape index (κ3) is 4.73. The maximum absolute atomic E-state index is 5.92. The predicted molar refractivity (Wildman–Crippen MR) is 93.7 cm³/mol. The Bertz CT molecular complexity index is 594. The lowest BCUT2D eigenvalue weighted by molar-refractivity contribution is 0.633. The van der Waals surface area contributed by atoms with Gasteiger partial charge in [-0.1, -0.05) is 67.9 Å². The second kappa shape index (κ2) is 7.44. The minimum absolute atomic E-state index is 0.515. The molecular weight excluding hydrogens is 278 g/mol. The number of halogens is 1. The van der Waals surface area contributed by atoms with Crippen LogP contribution in [-0.2, 0) is 0 Å². The summed E-state index contributed by atoms with van der Waals surface area (Å²) in [5.74, 6) is 0. The first kappa shape index (κ1) is 15.8. The summed E-state index contributed by atoms with van der Waals surface area (Å²) in [6.07, 6.45) is 2.23. The van der Waals surface area contributed by atoms with Crippen molar-refractivity contribution in [2.45, 2.75) is 26.8 Å². The van der Waals surface area contributed by atoms with Gasteiger partial charge in [-0.2, -0.15) is 0 Å². The summed E-state index contributed by atoms with van der Waals surface area (Å²) in [6, 6.07) is 17.1. The minimum atomic E-state index is 0.515. The molecule has 0 spiro atoms. The second-order valence-electron chi connectivity index (χ2n) is 5.53. The first-order valence-corrected chi connectivity index (χ1v) is 7.70. The molecule has 0 saturated carbocycles. The number of hydrogen-bond donors (Lipinski definition) is 1. The highest BCUT2D eigenvalue weighted by molar-refractivity contribution is 6.30. The second-order valence-corrected chi connectivity index (χ2v) is 5.97. The van der Waals surface area contributed by atoms with Gasteiger partial charge in [0.1, 0.15) is 0 Å². The van der Waals surface area contributed by atoms with Crippen LogP contribution in [0.15, 0.2) is 54.6 Å². The zero-order valence-corrected chi connectivity index (χ0v) is 13.6. The summed E-state index contributed by atoms with van der Waals surface area (Å²) in [5, 5.41) is 4.17. The third-order valence-corrected chi connectivity index (χ3v) is 3.70. The molecule has 0 heterocycles. The van der Waals surface area contributed by atoms with Crippen LogP contribution in [0.3, 0.4) is 0 Å². The summed E-state index contributed by atoms with van der Waals surface area (Å²) >= 11 is 5.92. The van der Waals surface area contributed by atoms with Crippen molar-refractivity contribution in [1.82, 2.24) is 5.32 Å². The molecule has 110 valence electrons. The average Bonchev–Trinajstić information content (AvgIpc) is 2.48. The molecule has 0 unspecified atom stereocenters. The topological polar surface area (TPSA) is 12.0 Å². The molecule has 0 amide bonds. The van der Waals surface area contributed by atoms with Gasteiger partial charge in [0.2, 0.25) is 0 Å². The van der Waals surface area contributed by atoms with Crippen molar-refractivity contribution in [1.29, 1.82) is 0 Å². The van der Waals surface area contributed by atoms with Crippen molar-refractivity contribution in [2.75, 3.05) is 6.54 Å². The van der Waals surface area contributed by atoms with Crippen LogP contribution in [0.1, 0.15) is 26.3 Å². The standard InChI is InChI=1S/C19H22ClN/c1-14(2)21-13-12-15(3)16-4-6-17(7-5-16)18-8-10-19(20)11-9-18/h4-12,14,21H,13H2,1-3H3/b15-12-. The Kier molecular flexibility index (Phi) is 5.60. The molecule has 0 fully saturated rings. The molecule has 1 N–H and O–H groups in total. The fraction of sp³-hybridized carbons (Fsp3) is 0.263. The fourth-order valence-electron chi connectivity index (χ4n) is 2.13. The third-order valence-electron chi connectivity index (χ3n) is 3.45. The van der Waals surface area contributed by atoms with Crippen molar-refractivity contribution in [2.24, 2.45) is 0 Å². The zero-order valence-electron chi connectivity index (χ0n) is 12.9. The van der Waals surface area contributed by atoms with Crippen molar-refractivity contribution in [3.63, 3.8) is 0 Å². The van der Waals surface area contributed by atoms with Gasteiger partial charge in [0.05, 0.1) is 0 Å². The quantitative estimate of drug-likeness (QED) is 0.778. The van der Waals surface area contributed by atoms with Crippen LogP contribution in [0.25, 0.3) is 16.7 Å². The molecule has 0 aromatic heterocycles. The first-order valence-electron chi connectivity index (χ1n) is 7.33. The lowest BCUT2D eigenvalue weighted by Gasteiger charge is -2.07. The van der Waals surface area contributed by atoms with E-state index in [2.05, 4.69) is 56.4 Å². The van der Waals surface area contributed by atoms with E-state index in [1.807, 2.05) is 24.3 Å². The van der Waals surface area contributed by atoms with Gasteiger partial charge in [-0.3, -0.25) is 0 Å². The molecule has 0 aliphatic carbocycles. The Morgan fingerprint density at radius 1 is 1.00 bits per heavy atom. The van der Waals surface area contributed by atoms with E-state index in [1.165, 1.54) is 22.3 Å². The van der Waals surface area contributed by atoms with Crippen LogP contribution in [-0.4, -0.2) is 12.6 Å². The van der Waals surface area contributed by atoms with Crippen molar-refractivity contribution < 1.29 is 0 Å². The molecule has 2 aromatic carbocycles. The molecule has 2 aromatic rings. The van der Waals surface area contributed by atoms with Gasteiger partial charge in [0.25, 0.3) is 0 Å². The Morgan fingerprint density at radius 3 is 2.05 bits per heavy atom. The van der Waals surface area contributed by atoms with Gasteiger partial charge in [0, 0.05) is 17.6 Å². The highest BCUT2D eigenvalue weighted by Gasteiger charge is 2.00. The lowest BCUT2D eigenvalue weighted by Crippen LogP contribution is -2.22. The van der Waals surface area contributed by atoms with Gasteiger partial charge in [-0.05, 0) is 41.3 Å². The molecule has 0 saturated heterocycles. The molecule has 2 rings (SSSR count). The maximum Gasteiger partial charge on any atom is 0.0406 e. The minimum Gasteiger partial charge on any atom is -0.311 e. The SMILES string of the molecule is C/C(=C/CNC(C)C)c1ccc(-c2ccc(Cl)cc2)cc1. The van der Waals surface area contributed by atoms with Crippen LogP contribution in [0.2, 0.25) is 5.02 Å². The Morgan fingerprint density at radius 2 is 1.52 bits per heavy atom. The van der Waals surface area contributed by atoms with Gasteiger partial charge >= 0.3 is 0 Å². The molecule has 0 atom stereocenters. The predicted octanol–water partition coefficient (Wildman–Crippen LogP) is 5.41. The highest BCUT2D eigenvalue weighted by Crippen LogP contribution is 2.23. The van der Waals surface area contributed by atoms with Crippen LogP contribution in [0, 0.1) is 0 Å². The van der Waals surface area contributed by atoms with E-state index < -0.39 is 0 Å². The fourth-order valence-corrected chi connectivity index (χ4v) is 2.26. The summed E-state index contributed by atoms with van der Waals surface area (Å²) in [5.41, 5.74) is 4.96. The first-order chi connectivity index (χ1) is 10.1. The number of benzene rings is 2. The normalized spacial score (nSPS) is 12.0. The summed E-state index contributed by atoms with van der Waals surface area (Å²) < 4.78 is 0. The van der Waals surface area contributed by atoms with Crippen molar-refractivity contribution >= 4 is 17.2 Å². The van der Waals surface area contributed by atoms with Crippen LogP contribution in [0.4, 0.5) is 0 Å². The van der Waals surface area contributed by atoms with Crippen LogP contribution in [0.5, 0.6) is 0 Å². The molecule has 0 radical (unpaired) electrons. The number of nitrogens with one attached hydrogen (secondary N) is 1. The number of hydrogen-bond acceptors (Lipinski definition) is 1. The highest BCUT2D eigenvalue weighted by atomic mass is 35.5. The number of allylic oxidation sites excluding steroid dienone is 1. The Balaban J connectivity index is 2.09. The summed E-state index contributed by atoms with van der Waals surface area (Å²) in [6.45, 7) is 7.37. The van der Waals surface area contributed by atoms with E-state index in [9.17, 15) is 0 Å². The summed E-state index contributed by atoms with van der Waals surface area (Å²) in [7, 11) is 0. The smallest absolute Gasteiger partial charge is 0.0406 e. The van der Waals surface area contributed by atoms with E-state index in [4.69, 9.17) is 11.6 Å². The molecular formula is C19H22ClN. The van der Waals surface area contributed by atoms with E-state index >= 15 is 0 Å². The van der Waals surface area contributed by atoms with E-state index in [0.29, 0.717) is 6.04 Å². The molecule has 21 heavy (non-hydrogen) atoms.